The van der Waals surface area contributed by atoms with Crippen LogP contribution in [0.4, 0.5) is 14.5 Å². The van der Waals surface area contributed by atoms with Crippen LogP contribution < -0.4 is 5.32 Å². The molecular weight excluding hydrogens is 370 g/mol. The molecule has 0 radical (unpaired) electrons. The van der Waals surface area contributed by atoms with Gasteiger partial charge in [0.25, 0.3) is 0 Å². The van der Waals surface area contributed by atoms with Gasteiger partial charge in [-0.05, 0) is 42.6 Å². The van der Waals surface area contributed by atoms with Crippen molar-refractivity contribution in [2.24, 2.45) is 0 Å². The summed E-state index contributed by atoms with van der Waals surface area (Å²) in [6.07, 6.45) is 7.76. The number of nitrogens with one attached hydrogen (secondary N) is 1. The van der Waals surface area contributed by atoms with E-state index in [2.05, 4.69) is 29.3 Å². The van der Waals surface area contributed by atoms with Crippen LogP contribution in [0.3, 0.4) is 0 Å². The fraction of sp³-hybridized carbons (Fsp3) is 0.458. The molecule has 1 atom stereocenters. The quantitative estimate of drug-likeness (QED) is 0.548. The Morgan fingerprint density at radius 2 is 1.76 bits per heavy atom. The molecule has 1 heterocycles. The molecule has 0 bridgehead atoms. The molecule has 3 rings (SSSR count). The van der Waals surface area contributed by atoms with Crippen molar-refractivity contribution in [3.63, 3.8) is 0 Å². The molecule has 1 N–H and O–H groups in total. The Morgan fingerprint density at radius 3 is 2.52 bits per heavy atom. The van der Waals surface area contributed by atoms with Gasteiger partial charge in [-0.15, -0.1) is 0 Å². The van der Waals surface area contributed by atoms with Crippen LogP contribution in [0.25, 0.3) is 0 Å². The van der Waals surface area contributed by atoms with Crippen molar-refractivity contribution in [2.75, 3.05) is 11.9 Å². The van der Waals surface area contributed by atoms with Crippen molar-refractivity contribution >= 4 is 11.6 Å². The monoisotopic (exact) mass is 400 g/mol. The first kappa shape index (κ1) is 21.4. The minimum atomic E-state index is -0.753. The molecule has 1 unspecified atom stereocenters. The Balaban J connectivity index is 1.67. The fourth-order valence-electron chi connectivity index (χ4n) is 3.97. The second kappa shape index (κ2) is 10.5. The maximum atomic E-state index is 14.0. The lowest BCUT2D eigenvalue weighted by Crippen LogP contribution is -2.48. The zero-order chi connectivity index (χ0) is 20.6. The maximum Gasteiger partial charge on any atom is 0.242 e. The molecule has 0 saturated carbocycles. The van der Waals surface area contributed by atoms with E-state index in [1.54, 1.807) is 0 Å². The molecule has 1 aliphatic heterocycles. The van der Waals surface area contributed by atoms with Gasteiger partial charge in [0.15, 0.2) is 0 Å². The average Bonchev–Trinajstić information content (AvgIpc) is 2.72. The summed E-state index contributed by atoms with van der Waals surface area (Å²) in [6, 6.07) is 11.0. The molecule has 0 aliphatic carbocycles. The number of halogens is 2. The summed E-state index contributed by atoms with van der Waals surface area (Å²) in [5.41, 5.74) is 2.43. The fourth-order valence-corrected chi connectivity index (χ4v) is 3.97. The number of fused-ring (bicyclic) bond motifs is 1. The molecule has 5 heteroatoms. The van der Waals surface area contributed by atoms with Gasteiger partial charge >= 0.3 is 0 Å². The van der Waals surface area contributed by atoms with E-state index in [1.807, 2.05) is 12.1 Å². The number of anilines is 1. The molecular formula is C24H30F2N2O. The maximum absolute atomic E-state index is 14.0. The highest BCUT2D eigenvalue weighted by Gasteiger charge is 2.31. The molecule has 1 aliphatic rings. The zero-order valence-corrected chi connectivity index (χ0v) is 17.1. The van der Waals surface area contributed by atoms with Gasteiger partial charge in [-0.1, -0.05) is 63.3 Å². The van der Waals surface area contributed by atoms with Gasteiger partial charge in [0.2, 0.25) is 5.91 Å². The predicted octanol–water partition coefficient (Wildman–Crippen LogP) is 5.69. The first-order valence-corrected chi connectivity index (χ1v) is 10.6. The van der Waals surface area contributed by atoms with Gasteiger partial charge in [0.1, 0.15) is 11.6 Å². The van der Waals surface area contributed by atoms with Gasteiger partial charge in [0.05, 0.1) is 11.7 Å². The first-order valence-electron chi connectivity index (χ1n) is 10.6. The third-order valence-electron chi connectivity index (χ3n) is 5.64. The van der Waals surface area contributed by atoms with Crippen LogP contribution in [0.5, 0.6) is 0 Å². The van der Waals surface area contributed by atoms with Gasteiger partial charge in [-0.2, -0.15) is 0 Å². The SMILES string of the molecule is CCCCCCCCN1Cc2ccccc2CC1C(=O)Nc1ccc(F)cc1F. The summed E-state index contributed by atoms with van der Waals surface area (Å²) >= 11 is 0. The lowest BCUT2D eigenvalue weighted by atomic mass is 9.93. The molecule has 1 amide bonds. The number of nitrogens with zero attached hydrogens (tertiary/aromatic N) is 1. The van der Waals surface area contributed by atoms with Crippen LogP contribution in [0.2, 0.25) is 0 Å². The van der Waals surface area contributed by atoms with E-state index in [-0.39, 0.29) is 17.6 Å². The van der Waals surface area contributed by atoms with Crippen molar-refractivity contribution in [1.29, 1.82) is 0 Å². The second-order valence-electron chi connectivity index (χ2n) is 7.84. The zero-order valence-electron chi connectivity index (χ0n) is 17.1. The minimum absolute atomic E-state index is 0.0229. The van der Waals surface area contributed by atoms with Crippen LogP contribution in [-0.4, -0.2) is 23.4 Å². The van der Waals surface area contributed by atoms with Crippen LogP contribution in [-0.2, 0) is 17.8 Å². The number of hydrogen-bond donors (Lipinski definition) is 1. The van der Waals surface area contributed by atoms with E-state index >= 15 is 0 Å². The first-order chi connectivity index (χ1) is 14.1. The van der Waals surface area contributed by atoms with Crippen LogP contribution in [0.1, 0.15) is 56.6 Å². The summed E-state index contributed by atoms with van der Waals surface area (Å²) in [5, 5.41) is 2.66. The van der Waals surface area contributed by atoms with Crippen LogP contribution >= 0.6 is 0 Å². The third kappa shape index (κ3) is 5.86. The normalized spacial score (nSPS) is 16.4. The number of rotatable bonds is 9. The van der Waals surface area contributed by atoms with Crippen molar-refractivity contribution in [3.05, 3.63) is 65.2 Å². The Kier molecular flexibility index (Phi) is 7.76. The number of carbonyl (C=O) groups is 1. The summed E-state index contributed by atoms with van der Waals surface area (Å²) in [5.74, 6) is -1.65. The molecule has 0 aromatic heterocycles. The summed E-state index contributed by atoms with van der Waals surface area (Å²) in [6.45, 7) is 3.76. The average molecular weight is 401 g/mol. The molecule has 0 saturated heterocycles. The minimum Gasteiger partial charge on any atom is -0.322 e. The molecule has 2 aromatic rings. The van der Waals surface area contributed by atoms with E-state index in [0.717, 1.165) is 43.6 Å². The van der Waals surface area contributed by atoms with Crippen molar-refractivity contribution in [3.8, 4) is 0 Å². The Hall–Kier alpha value is -2.27. The van der Waals surface area contributed by atoms with Crippen LogP contribution in [0, 0.1) is 11.6 Å². The van der Waals surface area contributed by atoms with Gasteiger partial charge in [-0.3, -0.25) is 9.69 Å². The second-order valence-corrected chi connectivity index (χ2v) is 7.84. The Labute approximate surface area is 172 Å². The topological polar surface area (TPSA) is 32.3 Å². The highest BCUT2D eigenvalue weighted by molar-refractivity contribution is 5.95. The Morgan fingerprint density at radius 1 is 1.03 bits per heavy atom. The van der Waals surface area contributed by atoms with E-state index < -0.39 is 11.6 Å². The Bertz CT molecular complexity index is 824. The summed E-state index contributed by atoms with van der Waals surface area (Å²) < 4.78 is 27.2. The van der Waals surface area contributed by atoms with Gasteiger partial charge in [0, 0.05) is 12.6 Å². The highest BCUT2D eigenvalue weighted by atomic mass is 19.1. The number of unbranched alkanes of at least 4 members (excludes halogenated alkanes) is 5. The number of benzene rings is 2. The van der Waals surface area contributed by atoms with Gasteiger partial charge < -0.3 is 5.32 Å². The smallest absolute Gasteiger partial charge is 0.242 e. The molecule has 156 valence electrons. The number of hydrogen-bond acceptors (Lipinski definition) is 2. The number of amides is 1. The molecule has 29 heavy (non-hydrogen) atoms. The summed E-state index contributed by atoms with van der Waals surface area (Å²) in [4.78, 5) is 15.2. The molecule has 3 nitrogen and oxygen atoms in total. The standard InChI is InChI=1S/C24H30F2N2O/c1-2-3-4-5-6-9-14-28-17-19-11-8-7-10-18(19)15-23(28)24(29)27-22-13-12-20(25)16-21(22)26/h7-8,10-13,16,23H,2-6,9,14-15,17H2,1H3,(H,27,29). The lowest BCUT2D eigenvalue weighted by molar-refractivity contribution is -0.122. The number of carbonyl (C=O) groups excluding carboxylic acids is 1. The highest BCUT2D eigenvalue weighted by Crippen LogP contribution is 2.25. The van der Waals surface area contributed by atoms with Crippen molar-refractivity contribution in [1.82, 2.24) is 4.90 Å². The summed E-state index contributed by atoms with van der Waals surface area (Å²) in [7, 11) is 0. The third-order valence-corrected chi connectivity index (χ3v) is 5.64. The largest absolute Gasteiger partial charge is 0.322 e. The van der Waals surface area contributed by atoms with E-state index in [0.29, 0.717) is 6.42 Å². The van der Waals surface area contributed by atoms with E-state index in [4.69, 9.17) is 0 Å². The molecule has 2 aromatic carbocycles. The molecule has 0 spiro atoms. The van der Waals surface area contributed by atoms with E-state index in [9.17, 15) is 13.6 Å². The van der Waals surface area contributed by atoms with Crippen LogP contribution in [0.15, 0.2) is 42.5 Å². The van der Waals surface area contributed by atoms with Crippen molar-refractivity contribution in [2.45, 2.75) is 64.5 Å². The van der Waals surface area contributed by atoms with Gasteiger partial charge in [-0.25, -0.2) is 8.78 Å². The molecule has 0 fully saturated rings. The van der Waals surface area contributed by atoms with Crippen molar-refractivity contribution < 1.29 is 13.6 Å². The predicted molar refractivity (Wildman–Crippen MR) is 113 cm³/mol. The van der Waals surface area contributed by atoms with E-state index in [1.165, 1.54) is 37.3 Å². The lowest BCUT2D eigenvalue weighted by Gasteiger charge is -2.36.